The molecule has 5 rings (SSSR count). The van der Waals surface area contributed by atoms with Crippen LogP contribution in [0.1, 0.15) is 44.3 Å². The Kier molecular flexibility index (Phi) is 3.41. The Morgan fingerprint density at radius 1 is 1.27 bits per heavy atom. The average Bonchev–Trinajstić information content (AvgIpc) is 3.39. The second-order valence-corrected chi connectivity index (χ2v) is 6.91. The van der Waals surface area contributed by atoms with Crippen molar-refractivity contribution in [2.75, 3.05) is 0 Å². The maximum Gasteiger partial charge on any atom is 0.262 e. The van der Waals surface area contributed by atoms with E-state index in [1.807, 2.05) is 40.5 Å². The highest BCUT2D eigenvalue weighted by atomic mass is 16.1. The molecular weight excluding hydrogens is 328 g/mol. The van der Waals surface area contributed by atoms with Crippen LogP contribution in [0.3, 0.4) is 0 Å². The van der Waals surface area contributed by atoms with E-state index < -0.39 is 0 Å². The highest BCUT2D eigenvalue weighted by Gasteiger charge is 2.24. The molecule has 0 spiro atoms. The zero-order chi connectivity index (χ0) is 17.7. The van der Waals surface area contributed by atoms with Crippen molar-refractivity contribution in [1.29, 1.82) is 0 Å². The Balaban J connectivity index is 1.74. The predicted molar refractivity (Wildman–Crippen MR) is 99.2 cm³/mol. The number of pyridine rings is 1. The van der Waals surface area contributed by atoms with Gasteiger partial charge in [-0.15, -0.1) is 0 Å². The fourth-order valence-corrected chi connectivity index (χ4v) is 3.96. The molecular formula is C19H20N6O. The van der Waals surface area contributed by atoms with Crippen molar-refractivity contribution in [3.05, 3.63) is 46.8 Å². The standard InChI is InChI=1S/C19H20N6O/c1-2-14-16-18(25(23-14)13-5-3-4-6-13)21-17(22-19(16)26)12-7-8-15-20-9-10-24(15)11-12/h7-11,13H,2-6H2,1H3,(H,21,22,26). The minimum atomic E-state index is -0.114. The van der Waals surface area contributed by atoms with E-state index in [2.05, 4.69) is 9.97 Å². The van der Waals surface area contributed by atoms with Crippen LogP contribution in [0.5, 0.6) is 0 Å². The maximum absolute atomic E-state index is 12.8. The van der Waals surface area contributed by atoms with Crippen molar-refractivity contribution in [2.45, 2.75) is 45.1 Å². The first kappa shape index (κ1) is 15.3. The minimum Gasteiger partial charge on any atom is -0.306 e. The van der Waals surface area contributed by atoms with E-state index in [0.29, 0.717) is 22.9 Å². The molecule has 4 heterocycles. The monoisotopic (exact) mass is 348 g/mol. The molecule has 0 aromatic carbocycles. The third-order valence-electron chi connectivity index (χ3n) is 5.30. The number of nitrogens with one attached hydrogen (secondary N) is 1. The Bertz CT molecular complexity index is 1160. The van der Waals surface area contributed by atoms with Gasteiger partial charge in [0.2, 0.25) is 0 Å². The number of hydrogen-bond donors (Lipinski definition) is 1. The number of fused-ring (bicyclic) bond motifs is 2. The molecule has 26 heavy (non-hydrogen) atoms. The largest absolute Gasteiger partial charge is 0.306 e. The van der Waals surface area contributed by atoms with Gasteiger partial charge < -0.3 is 9.38 Å². The third-order valence-corrected chi connectivity index (χ3v) is 5.30. The number of imidazole rings is 1. The van der Waals surface area contributed by atoms with Gasteiger partial charge in [0, 0.05) is 24.2 Å². The summed E-state index contributed by atoms with van der Waals surface area (Å²) in [5.41, 5.74) is 3.14. The summed E-state index contributed by atoms with van der Waals surface area (Å²) in [6, 6.07) is 4.20. The Morgan fingerprint density at radius 2 is 2.12 bits per heavy atom. The zero-order valence-corrected chi connectivity index (χ0v) is 14.6. The summed E-state index contributed by atoms with van der Waals surface area (Å²) in [7, 11) is 0. The fourth-order valence-electron chi connectivity index (χ4n) is 3.96. The van der Waals surface area contributed by atoms with E-state index in [9.17, 15) is 4.79 Å². The molecule has 4 aromatic heterocycles. The molecule has 0 aliphatic heterocycles. The number of rotatable bonds is 3. The van der Waals surface area contributed by atoms with E-state index in [1.165, 1.54) is 12.8 Å². The first-order chi connectivity index (χ1) is 12.7. The van der Waals surface area contributed by atoms with E-state index >= 15 is 0 Å². The molecule has 1 fully saturated rings. The fraction of sp³-hybridized carbons (Fsp3) is 0.368. The molecule has 1 aliphatic carbocycles. The van der Waals surface area contributed by atoms with Gasteiger partial charge in [-0.1, -0.05) is 19.8 Å². The van der Waals surface area contributed by atoms with Crippen LogP contribution in [-0.2, 0) is 6.42 Å². The molecule has 0 radical (unpaired) electrons. The summed E-state index contributed by atoms with van der Waals surface area (Å²) >= 11 is 0. The van der Waals surface area contributed by atoms with Crippen molar-refractivity contribution in [3.8, 4) is 11.4 Å². The van der Waals surface area contributed by atoms with E-state index in [1.54, 1.807) is 6.20 Å². The number of aromatic amines is 1. The highest BCUT2D eigenvalue weighted by Crippen LogP contribution is 2.32. The summed E-state index contributed by atoms with van der Waals surface area (Å²) in [5, 5.41) is 5.38. The number of H-pyrrole nitrogens is 1. The van der Waals surface area contributed by atoms with Crippen molar-refractivity contribution >= 4 is 16.7 Å². The van der Waals surface area contributed by atoms with Crippen molar-refractivity contribution < 1.29 is 0 Å². The van der Waals surface area contributed by atoms with Gasteiger partial charge in [-0.05, 0) is 31.4 Å². The predicted octanol–water partition coefficient (Wildman–Crippen LogP) is 3.11. The molecule has 132 valence electrons. The van der Waals surface area contributed by atoms with Crippen LogP contribution in [-0.4, -0.2) is 29.1 Å². The van der Waals surface area contributed by atoms with E-state index in [4.69, 9.17) is 10.1 Å². The lowest BCUT2D eigenvalue weighted by atomic mass is 10.2. The molecule has 0 unspecified atom stereocenters. The van der Waals surface area contributed by atoms with Gasteiger partial charge in [-0.2, -0.15) is 5.10 Å². The van der Waals surface area contributed by atoms with Crippen LogP contribution in [0.4, 0.5) is 0 Å². The summed E-state index contributed by atoms with van der Waals surface area (Å²) in [4.78, 5) is 24.9. The van der Waals surface area contributed by atoms with Crippen LogP contribution in [0.2, 0.25) is 0 Å². The molecule has 0 atom stereocenters. The Labute approximate surface area is 149 Å². The molecule has 0 amide bonds. The normalized spacial score (nSPS) is 15.4. The molecule has 1 N–H and O–H groups in total. The van der Waals surface area contributed by atoms with Gasteiger partial charge in [0.05, 0.1) is 11.7 Å². The molecule has 1 saturated carbocycles. The first-order valence-electron chi connectivity index (χ1n) is 9.19. The molecule has 7 heteroatoms. The second-order valence-electron chi connectivity index (χ2n) is 6.91. The number of aromatic nitrogens is 6. The van der Waals surface area contributed by atoms with Crippen molar-refractivity contribution in [2.24, 2.45) is 0 Å². The molecule has 0 bridgehead atoms. The molecule has 4 aromatic rings. The van der Waals surface area contributed by atoms with E-state index in [0.717, 1.165) is 36.2 Å². The molecule has 1 aliphatic rings. The Hall–Kier alpha value is -2.96. The summed E-state index contributed by atoms with van der Waals surface area (Å²) in [6.45, 7) is 2.03. The molecule has 7 nitrogen and oxygen atoms in total. The molecule has 0 saturated heterocycles. The van der Waals surface area contributed by atoms with Crippen molar-refractivity contribution in [1.82, 2.24) is 29.1 Å². The lowest BCUT2D eigenvalue weighted by molar-refractivity contribution is 0.474. The average molecular weight is 348 g/mol. The van der Waals surface area contributed by atoms with Crippen molar-refractivity contribution in [3.63, 3.8) is 0 Å². The third kappa shape index (κ3) is 2.27. The van der Waals surface area contributed by atoms with Crippen LogP contribution >= 0.6 is 0 Å². The van der Waals surface area contributed by atoms with Gasteiger partial charge in [-0.3, -0.25) is 4.79 Å². The van der Waals surface area contributed by atoms with E-state index in [-0.39, 0.29) is 5.56 Å². The van der Waals surface area contributed by atoms with Gasteiger partial charge >= 0.3 is 0 Å². The maximum atomic E-state index is 12.8. The van der Waals surface area contributed by atoms with Crippen LogP contribution in [0.25, 0.3) is 28.1 Å². The van der Waals surface area contributed by atoms with Crippen LogP contribution in [0, 0.1) is 0 Å². The van der Waals surface area contributed by atoms with Gasteiger partial charge in [0.1, 0.15) is 16.9 Å². The SMILES string of the molecule is CCc1nn(C2CCCC2)c2nc(-c3ccc4nccn4c3)[nH]c(=O)c12. The number of hydrogen-bond acceptors (Lipinski definition) is 4. The number of nitrogens with zero attached hydrogens (tertiary/aromatic N) is 5. The summed E-state index contributed by atoms with van der Waals surface area (Å²) in [6.07, 6.45) is 10.9. The lowest BCUT2D eigenvalue weighted by Crippen LogP contribution is -2.12. The smallest absolute Gasteiger partial charge is 0.262 e. The topological polar surface area (TPSA) is 80.9 Å². The van der Waals surface area contributed by atoms with Gasteiger partial charge in [-0.25, -0.2) is 14.6 Å². The van der Waals surface area contributed by atoms with Crippen LogP contribution in [0.15, 0.2) is 35.5 Å². The van der Waals surface area contributed by atoms with Gasteiger partial charge in [0.15, 0.2) is 5.65 Å². The summed E-state index contributed by atoms with van der Waals surface area (Å²) in [5.74, 6) is 0.569. The van der Waals surface area contributed by atoms with Gasteiger partial charge in [0.25, 0.3) is 5.56 Å². The highest BCUT2D eigenvalue weighted by molar-refractivity contribution is 5.79. The summed E-state index contributed by atoms with van der Waals surface area (Å²) < 4.78 is 3.92. The minimum absolute atomic E-state index is 0.114. The lowest BCUT2D eigenvalue weighted by Gasteiger charge is -2.11. The zero-order valence-electron chi connectivity index (χ0n) is 14.6. The van der Waals surface area contributed by atoms with Crippen LogP contribution < -0.4 is 5.56 Å². The first-order valence-corrected chi connectivity index (χ1v) is 9.19. The number of aryl methyl sites for hydroxylation is 1. The quantitative estimate of drug-likeness (QED) is 0.617. The Morgan fingerprint density at radius 3 is 2.92 bits per heavy atom. The second kappa shape index (κ2) is 5.79.